The van der Waals surface area contributed by atoms with Gasteiger partial charge in [-0.15, -0.1) is 0 Å². The third-order valence-corrected chi connectivity index (χ3v) is 8.20. The molecule has 0 saturated carbocycles. The van der Waals surface area contributed by atoms with Crippen LogP contribution in [0.15, 0.2) is 0 Å². The molecule has 4 saturated heterocycles. The topological polar surface area (TPSA) is 348 Å². The number of hydrogen-bond acceptors (Lipinski definition) is 21. The van der Waals surface area contributed by atoms with E-state index in [4.69, 9.17) is 33.2 Å². The van der Waals surface area contributed by atoms with Crippen LogP contribution in [-0.4, -0.2) is 221 Å². The average molecular weight is 667 g/mol. The molecule has 4 rings (SSSR count). The fraction of sp³-hybridized carbons (Fsp3) is 1.00. The normalized spacial score (nSPS) is 52.9. The van der Waals surface area contributed by atoms with Gasteiger partial charge in [0.1, 0.15) is 97.7 Å². The van der Waals surface area contributed by atoms with Gasteiger partial charge in [-0.3, -0.25) is 0 Å². The van der Waals surface area contributed by atoms with Gasteiger partial charge in [-0.25, -0.2) is 0 Å². The molecule has 45 heavy (non-hydrogen) atoms. The molecule has 4 heterocycles. The molecule has 4 aliphatic heterocycles. The molecule has 264 valence electrons. The van der Waals surface area contributed by atoms with Gasteiger partial charge in [-0.1, -0.05) is 0 Å². The summed E-state index contributed by atoms with van der Waals surface area (Å²) >= 11 is 0. The van der Waals surface area contributed by atoms with Crippen LogP contribution in [0.2, 0.25) is 0 Å². The first kappa shape index (κ1) is 37.0. The molecule has 21 nitrogen and oxygen atoms in total. The smallest absolute Gasteiger partial charge is 0.187 e. The van der Waals surface area contributed by atoms with Crippen molar-refractivity contribution in [1.82, 2.24) is 0 Å². The Morgan fingerprint density at radius 2 is 0.689 bits per heavy atom. The predicted molar refractivity (Wildman–Crippen MR) is 134 cm³/mol. The van der Waals surface area contributed by atoms with Crippen molar-refractivity contribution in [2.75, 3.05) is 26.4 Å². The second-order valence-electron chi connectivity index (χ2n) is 11.1. The Bertz CT molecular complexity index is 912. The molecule has 0 aliphatic carbocycles. The van der Waals surface area contributed by atoms with Gasteiger partial charge in [0.2, 0.25) is 0 Å². The molecule has 0 amide bonds. The van der Waals surface area contributed by atoms with Gasteiger partial charge >= 0.3 is 0 Å². The Kier molecular flexibility index (Phi) is 12.8. The summed E-state index contributed by atoms with van der Waals surface area (Å²) < 4.78 is 37.5. The Morgan fingerprint density at radius 1 is 0.333 bits per heavy atom. The fourth-order valence-corrected chi connectivity index (χ4v) is 5.54. The summed E-state index contributed by atoms with van der Waals surface area (Å²) in [7, 11) is 0. The number of rotatable bonds is 10. The Balaban J connectivity index is 1.43. The largest absolute Gasteiger partial charge is 0.394 e. The zero-order valence-electron chi connectivity index (χ0n) is 23.5. The maximum absolute atomic E-state index is 10.9. The van der Waals surface area contributed by atoms with Crippen molar-refractivity contribution in [1.29, 1.82) is 0 Å². The average Bonchev–Trinajstić information content (AvgIpc) is 3.03. The van der Waals surface area contributed by atoms with Crippen LogP contribution >= 0.6 is 0 Å². The molecular formula is C24H42O21. The minimum atomic E-state index is -2.02. The van der Waals surface area contributed by atoms with Crippen LogP contribution in [0.5, 0.6) is 0 Å². The standard InChI is InChI=1S/C24H42O21/c25-1-5-9(29)11(31)14(34)22(40-5)43-18-7(3-27)41-23(15(35)12(18)32)44-19-8(4-28)42-24(16(36)13(19)33)45-20-10(30)6(2-26)39-21(38)17(20)37/h5-38H,1-4H2/t5-,6-,7-,8-,9-,10-,11+,12-,13-,14-,15-,16-,17-,18-,19-,20+,21?,22+,23+,24+/m1/s1. The van der Waals surface area contributed by atoms with Crippen molar-refractivity contribution >= 4 is 0 Å². The number of hydrogen-bond donors (Lipinski definition) is 14. The second-order valence-corrected chi connectivity index (χ2v) is 11.1. The summed E-state index contributed by atoms with van der Waals surface area (Å²) in [5.74, 6) is 0. The molecule has 20 atom stereocenters. The van der Waals surface area contributed by atoms with Gasteiger partial charge in [0, 0.05) is 0 Å². The first-order valence-corrected chi connectivity index (χ1v) is 14.1. The Hall–Kier alpha value is -0.840. The summed E-state index contributed by atoms with van der Waals surface area (Å²) in [5.41, 5.74) is 0. The molecule has 0 aromatic carbocycles. The van der Waals surface area contributed by atoms with Crippen molar-refractivity contribution < 1.29 is 105 Å². The highest BCUT2D eigenvalue weighted by Crippen LogP contribution is 2.34. The van der Waals surface area contributed by atoms with Crippen LogP contribution < -0.4 is 0 Å². The van der Waals surface area contributed by atoms with Crippen molar-refractivity contribution in [2.24, 2.45) is 0 Å². The zero-order chi connectivity index (χ0) is 33.3. The molecule has 0 bridgehead atoms. The fourth-order valence-electron chi connectivity index (χ4n) is 5.54. The predicted octanol–water partition coefficient (Wildman–Crippen LogP) is -9.75. The molecule has 0 aromatic heterocycles. The van der Waals surface area contributed by atoms with Crippen LogP contribution in [-0.2, 0) is 33.2 Å². The van der Waals surface area contributed by atoms with Crippen molar-refractivity contribution in [2.45, 2.75) is 123 Å². The van der Waals surface area contributed by atoms with Crippen LogP contribution in [0.3, 0.4) is 0 Å². The molecule has 21 heteroatoms. The van der Waals surface area contributed by atoms with E-state index in [1.807, 2.05) is 0 Å². The molecule has 4 fully saturated rings. The molecule has 14 N–H and O–H groups in total. The van der Waals surface area contributed by atoms with Gasteiger partial charge in [0.15, 0.2) is 25.2 Å². The molecule has 0 aromatic rings. The highest BCUT2D eigenvalue weighted by atomic mass is 16.8. The first-order chi connectivity index (χ1) is 21.3. The second kappa shape index (κ2) is 15.6. The SMILES string of the molecule is OC[C@H]1O[C@@H](O[C@H]2[C@H](O)[C@@H](O)[C@H](O[C@H]3[C@H](O)[C@@H](O)[C@H](O[C@H]4[C@H](O)[C@@H](CO)OC(O)[C@@H]4O)O[C@@H]3CO)O[C@@H]2CO)[C@H](O)[C@@H](O)[C@@H]1O. The van der Waals surface area contributed by atoms with Crippen LogP contribution in [0.25, 0.3) is 0 Å². The minimum absolute atomic E-state index is 0.782. The highest BCUT2D eigenvalue weighted by Gasteiger charge is 2.55. The first-order valence-electron chi connectivity index (χ1n) is 14.1. The molecular weight excluding hydrogens is 624 g/mol. The van der Waals surface area contributed by atoms with E-state index in [2.05, 4.69) is 0 Å². The third-order valence-electron chi connectivity index (χ3n) is 8.20. The van der Waals surface area contributed by atoms with E-state index >= 15 is 0 Å². The summed E-state index contributed by atoms with van der Waals surface area (Å²) in [4.78, 5) is 0. The van der Waals surface area contributed by atoms with Crippen LogP contribution in [0, 0.1) is 0 Å². The Morgan fingerprint density at radius 3 is 1.11 bits per heavy atom. The van der Waals surface area contributed by atoms with E-state index in [9.17, 15) is 71.5 Å². The molecule has 1 unspecified atom stereocenters. The van der Waals surface area contributed by atoms with E-state index in [1.54, 1.807) is 0 Å². The Labute approximate surface area is 254 Å². The van der Waals surface area contributed by atoms with E-state index in [0.29, 0.717) is 0 Å². The van der Waals surface area contributed by atoms with Gasteiger partial charge in [-0.2, -0.15) is 0 Å². The minimum Gasteiger partial charge on any atom is -0.394 e. The maximum Gasteiger partial charge on any atom is 0.187 e. The molecule has 0 radical (unpaired) electrons. The number of aliphatic hydroxyl groups excluding tert-OH is 14. The van der Waals surface area contributed by atoms with Crippen molar-refractivity contribution in [3.63, 3.8) is 0 Å². The van der Waals surface area contributed by atoms with E-state index < -0.39 is 149 Å². The quantitative estimate of drug-likeness (QED) is 0.103. The lowest BCUT2D eigenvalue weighted by molar-refractivity contribution is -0.387. The van der Waals surface area contributed by atoms with Crippen molar-refractivity contribution in [3.05, 3.63) is 0 Å². The summed E-state index contributed by atoms with van der Waals surface area (Å²) in [6.07, 6.45) is -35.4. The van der Waals surface area contributed by atoms with Gasteiger partial charge < -0.3 is 105 Å². The summed E-state index contributed by atoms with van der Waals surface area (Å²) in [6.45, 7) is -3.37. The summed E-state index contributed by atoms with van der Waals surface area (Å²) in [6, 6.07) is 0. The maximum atomic E-state index is 10.9. The highest BCUT2D eigenvalue weighted by molar-refractivity contribution is 4.97. The molecule has 0 spiro atoms. The lowest BCUT2D eigenvalue weighted by Crippen LogP contribution is -2.67. The lowest BCUT2D eigenvalue weighted by atomic mass is 9.95. The van der Waals surface area contributed by atoms with Crippen LogP contribution in [0.4, 0.5) is 0 Å². The van der Waals surface area contributed by atoms with Crippen LogP contribution in [0.1, 0.15) is 0 Å². The summed E-state index contributed by atoms with van der Waals surface area (Å²) in [5, 5.41) is 142. The van der Waals surface area contributed by atoms with E-state index in [-0.39, 0.29) is 0 Å². The van der Waals surface area contributed by atoms with Gasteiger partial charge in [0.25, 0.3) is 0 Å². The van der Waals surface area contributed by atoms with E-state index in [1.165, 1.54) is 0 Å². The molecule has 4 aliphatic rings. The number of aliphatic hydroxyl groups is 14. The zero-order valence-corrected chi connectivity index (χ0v) is 23.5. The van der Waals surface area contributed by atoms with Gasteiger partial charge in [0.05, 0.1) is 26.4 Å². The third kappa shape index (κ3) is 7.44. The lowest BCUT2D eigenvalue weighted by Gasteiger charge is -2.48. The monoisotopic (exact) mass is 666 g/mol. The van der Waals surface area contributed by atoms with Crippen molar-refractivity contribution in [3.8, 4) is 0 Å². The van der Waals surface area contributed by atoms with E-state index in [0.717, 1.165) is 0 Å². The van der Waals surface area contributed by atoms with Gasteiger partial charge in [-0.05, 0) is 0 Å². The number of ether oxygens (including phenoxy) is 7.